The number of rotatable bonds is 9. The minimum Gasteiger partial charge on any atom is -0.484 e. The van der Waals surface area contributed by atoms with Crippen LogP contribution in [0, 0.1) is 0 Å². The fraction of sp³-hybridized carbons (Fsp3) is 0.111. The molecule has 0 atom stereocenters. The van der Waals surface area contributed by atoms with E-state index in [1.165, 1.54) is 11.1 Å². The lowest BCUT2D eigenvalue weighted by Crippen LogP contribution is -2.37. The number of benzene rings is 3. The topological polar surface area (TPSA) is 113 Å². The minimum absolute atomic E-state index is 0.128. The number of carbonyl (C=O) groups excluding carboxylic acids is 3. The summed E-state index contributed by atoms with van der Waals surface area (Å²) in [7, 11) is 0. The molecule has 180 valence electrons. The number of hydrogen-bond acceptors (Lipinski definition) is 6. The van der Waals surface area contributed by atoms with E-state index >= 15 is 0 Å². The third-order valence-corrected chi connectivity index (χ3v) is 5.64. The fourth-order valence-corrected chi connectivity index (χ4v) is 3.94. The van der Waals surface area contributed by atoms with Crippen LogP contribution in [0.5, 0.6) is 5.75 Å². The molecule has 0 saturated heterocycles. The molecule has 5 rings (SSSR count). The van der Waals surface area contributed by atoms with E-state index in [1.54, 1.807) is 48.7 Å². The largest absolute Gasteiger partial charge is 0.484 e. The van der Waals surface area contributed by atoms with Crippen molar-refractivity contribution >= 4 is 40.4 Å². The van der Waals surface area contributed by atoms with E-state index in [0.717, 1.165) is 22.0 Å². The second-order valence-corrected chi connectivity index (χ2v) is 8.08. The standard InChI is InChI=1S/C27H22N4O5/c32-24(16-31-23-8-2-5-19-4-1-7-22(26(19)23)27(31)34)30-29-14-18-9-11-20(12-10-18)36-17-25(33)28-15-21-6-3-13-35-21/h1-14H,15-17H2,(H,28,33)(H,30,32)/b29-14-. The summed E-state index contributed by atoms with van der Waals surface area (Å²) >= 11 is 0. The van der Waals surface area contributed by atoms with Crippen LogP contribution >= 0.6 is 0 Å². The van der Waals surface area contributed by atoms with Gasteiger partial charge in [0.1, 0.15) is 18.1 Å². The molecular formula is C27H22N4O5. The second kappa shape index (κ2) is 10.1. The van der Waals surface area contributed by atoms with E-state index < -0.39 is 5.91 Å². The van der Waals surface area contributed by atoms with Crippen molar-refractivity contribution in [1.29, 1.82) is 0 Å². The van der Waals surface area contributed by atoms with Crippen molar-refractivity contribution in [2.75, 3.05) is 18.1 Å². The summed E-state index contributed by atoms with van der Waals surface area (Å²) in [6.45, 7) is 0.0284. The minimum atomic E-state index is -0.412. The molecule has 0 radical (unpaired) electrons. The smallest absolute Gasteiger partial charge is 0.260 e. The first-order chi connectivity index (χ1) is 17.6. The molecule has 3 aromatic carbocycles. The molecule has 3 amide bonds. The fourth-order valence-electron chi connectivity index (χ4n) is 3.94. The monoisotopic (exact) mass is 482 g/mol. The van der Waals surface area contributed by atoms with Crippen LogP contribution < -0.4 is 20.4 Å². The molecule has 9 nitrogen and oxygen atoms in total. The quantitative estimate of drug-likeness (QED) is 0.281. The highest BCUT2D eigenvalue weighted by molar-refractivity contribution is 6.26. The summed E-state index contributed by atoms with van der Waals surface area (Å²) in [5.41, 5.74) is 4.50. The van der Waals surface area contributed by atoms with Gasteiger partial charge >= 0.3 is 0 Å². The van der Waals surface area contributed by atoms with Crippen LogP contribution in [0.2, 0.25) is 0 Å². The van der Waals surface area contributed by atoms with Gasteiger partial charge in [-0.1, -0.05) is 24.3 Å². The molecule has 4 aromatic rings. The predicted molar refractivity (Wildman–Crippen MR) is 134 cm³/mol. The number of amides is 3. The molecule has 9 heteroatoms. The lowest BCUT2D eigenvalue weighted by atomic mass is 10.1. The van der Waals surface area contributed by atoms with E-state index in [4.69, 9.17) is 9.15 Å². The third-order valence-electron chi connectivity index (χ3n) is 5.64. The highest BCUT2D eigenvalue weighted by Gasteiger charge is 2.30. The third kappa shape index (κ3) is 4.95. The van der Waals surface area contributed by atoms with Crippen molar-refractivity contribution in [2.45, 2.75) is 6.54 Å². The highest BCUT2D eigenvalue weighted by Crippen LogP contribution is 2.36. The first-order valence-corrected chi connectivity index (χ1v) is 11.3. The van der Waals surface area contributed by atoms with Gasteiger partial charge in [-0.15, -0.1) is 0 Å². The molecule has 2 N–H and O–H groups in total. The first-order valence-electron chi connectivity index (χ1n) is 11.3. The molecular weight excluding hydrogens is 460 g/mol. The van der Waals surface area contributed by atoms with Crippen molar-refractivity contribution in [1.82, 2.24) is 10.7 Å². The van der Waals surface area contributed by atoms with Gasteiger partial charge in [0, 0.05) is 10.9 Å². The number of hydrogen-bond donors (Lipinski definition) is 2. The summed E-state index contributed by atoms with van der Waals surface area (Å²) in [5, 5.41) is 8.50. The average molecular weight is 482 g/mol. The molecule has 0 saturated carbocycles. The Morgan fingerprint density at radius 2 is 1.78 bits per heavy atom. The lowest BCUT2D eigenvalue weighted by molar-refractivity contribution is -0.123. The van der Waals surface area contributed by atoms with Gasteiger partial charge in [-0.3, -0.25) is 19.3 Å². The van der Waals surface area contributed by atoms with Crippen LogP contribution in [0.15, 0.2) is 88.6 Å². The summed E-state index contributed by atoms with van der Waals surface area (Å²) in [6, 6.07) is 21.6. The first kappa shape index (κ1) is 22.9. The number of nitrogens with one attached hydrogen (secondary N) is 2. The Labute approximate surface area is 206 Å². The van der Waals surface area contributed by atoms with Gasteiger partial charge in [0.2, 0.25) is 0 Å². The van der Waals surface area contributed by atoms with E-state index in [1.807, 2.05) is 30.3 Å². The van der Waals surface area contributed by atoms with E-state index in [0.29, 0.717) is 23.6 Å². The van der Waals surface area contributed by atoms with E-state index in [9.17, 15) is 14.4 Å². The normalized spacial score (nSPS) is 12.3. The Balaban J connectivity index is 1.10. The van der Waals surface area contributed by atoms with Crippen LogP contribution in [-0.4, -0.2) is 37.1 Å². The molecule has 2 heterocycles. The van der Waals surface area contributed by atoms with Crippen molar-refractivity contribution in [2.24, 2.45) is 5.10 Å². The Morgan fingerprint density at radius 1 is 0.972 bits per heavy atom. The molecule has 36 heavy (non-hydrogen) atoms. The van der Waals surface area contributed by atoms with Gasteiger partial charge < -0.3 is 14.5 Å². The number of anilines is 1. The number of furan rings is 1. The number of ether oxygens (including phenoxy) is 1. The van der Waals surface area contributed by atoms with Gasteiger partial charge in [0.05, 0.1) is 24.7 Å². The number of hydrazone groups is 1. The maximum atomic E-state index is 12.8. The van der Waals surface area contributed by atoms with Crippen molar-refractivity contribution < 1.29 is 23.5 Å². The van der Waals surface area contributed by atoms with Crippen molar-refractivity contribution in [3.05, 3.63) is 95.9 Å². The number of nitrogens with zero attached hydrogens (tertiary/aromatic N) is 2. The van der Waals surface area contributed by atoms with Gasteiger partial charge in [-0.25, -0.2) is 5.43 Å². The van der Waals surface area contributed by atoms with Gasteiger partial charge in [-0.05, 0) is 59.5 Å². The molecule has 1 aliphatic heterocycles. The van der Waals surface area contributed by atoms with Crippen LogP contribution in [0.25, 0.3) is 10.8 Å². The molecule has 0 spiro atoms. The summed E-state index contributed by atoms with van der Waals surface area (Å²) in [4.78, 5) is 38.6. The Kier molecular flexibility index (Phi) is 6.44. The predicted octanol–water partition coefficient (Wildman–Crippen LogP) is 3.24. The zero-order valence-electron chi connectivity index (χ0n) is 19.1. The van der Waals surface area contributed by atoms with Gasteiger partial charge in [0.15, 0.2) is 6.61 Å². The van der Waals surface area contributed by atoms with Crippen LogP contribution in [0.3, 0.4) is 0 Å². The Morgan fingerprint density at radius 3 is 2.56 bits per heavy atom. The zero-order chi connectivity index (χ0) is 24.9. The van der Waals surface area contributed by atoms with Gasteiger partial charge in [-0.2, -0.15) is 5.10 Å². The molecule has 0 bridgehead atoms. The molecule has 0 aliphatic carbocycles. The highest BCUT2D eigenvalue weighted by atomic mass is 16.5. The van der Waals surface area contributed by atoms with E-state index in [2.05, 4.69) is 15.8 Å². The molecule has 0 unspecified atom stereocenters. The summed E-state index contributed by atoms with van der Waals surface area (Å²) < 4.78 is 10.6. The van der Waals surface area contributed by atoms with Crippen LogP contribution in [0.4, 0.5) is 5.69 Å². The SMILES string of the molecule is O=C(COc1ccc(/C=N\NC(=O)CN2C(=O)c3cccc4cccc2c34)cc1)NCc1ccco1. The van der Waals surface area contributed by atoms with Crippen molar-refractivity contribution in [3.8, 4) is 5.75 Å². The Bertz CT molecular complexity index is 1440. The van der Waals surface area contributed by atoms with Crippen LogP contribution in [0.1, 0.15) is 21.7 Å². The molecule has 0 fully saturated rings. The molecule has 1 aromatic heterocycles. The lowest BCUT2D eigenvalue weighted by Gasteiger charge is -2.16. The maximum absolute atomic E-state index is 12.8. The number of carbonyl (C=O) groups is 3. The Hall–Kier alpha value is -4.92. The van der Waals surface area contributed by atoms with Crippen molar-refractivity contribution in [3.63, 3.8) is 0 Å². The maximum Gasteiger partial charge on any atom is 0.260 e. The van der Waals surface area contributed by atoms with Crippen LogP contribution in [-0.2, 0) is 16.1 Å². The summed E-state index contributed by atoms with van der Waals surface area (Å²) in [5.74, 6) is 0.297. The van der Waals surface area contributed by atoms with E-state index in [-0.39, 0.29) is 25.0 Å². The second-order valence-electron chi connectivity index (χ2n) is 8.08. The van der Waals surface area contributed by atoms with Gasteiger partial charge in [0.25, 0.3) is 17.7 Å². The zero-order valence-corrected chi connectivity index (χ0v) is 19.1. The average Bonchev–Trinajstić information content (AvgIpc) is 3.51. The summed E-state index contributed by atoms with van der Waals surface area (Å²) in [6.07, 6.45) is 3.03. The molecule has 1 aliphatic rings.